The maximum absolute atomic E-state index is 10.1. The molecule has 276 valence electrons. The van der Waals surface area contributed by atoms with Crippen molar-refractivity contribution in [3.63, 3.8) is 0 Å². The van der Waals surface area contributed by atoms with E-state index in [2.05, 4.69) is 37.7 Å². The minimum atomic E-state index is -0.245. The van der Waals surface area contributed by atoms with Crippen LogP contribution in [0.15, 0.2) is 0 Å². The Morgan fingerprint density at radius 2 is 0.628 bits per heavy atom. The van der Waals surface area contributed by atoms with Crippen LogP contribution in [0, 0.1) is 0 Å². The van der Waals surface area contributed by atoms with Crippen LogP contribution in [0.2, 0.25) is 0 Å². The molecule has 0 aliphatic rings. The molecule has 1 N–H and O–H groups in total. The molecule has 0 radical (unpaired) electrons. The molecule has 0 bridgehead atoms. The fourth-order valence-corrected chi connectivity index (χ4v) is 0. The van der Waals surface area contributed by atoms with E-state index in [9.17, 15) is 24.0 Å². The lowest BCUT2D eigenvalue weighted by Crippen LogP contribution is -2.17. The zero-order valence-corrected chi connectivity index (χ0v) is 31.8. The Labute approximate surface area is 275 Å². The summed E-state index contributed by atoms with van der Waals surface area (Å²) < 4.78 is 4.11. The number of hydrogen-bond acceptors (Lipinski definition) is 7. The maximum atomic E-state index is 10.1. The van der Waals surface area contributed by atoms with Gasteiger partial charge >= 0.3 is 5.97 Å². The van der Waals surface area contributed by atoms with E-state index in [1.165, 1.54) is 73.3 Å². The van der Waals surface area contributed by atoms with Crippen molar-refractivity contribution < 1.29 is 28.7 Å². The number of Topliss-reactive ketones (excluding diaryl/α,β-unsaturated/α-hetero) is 2. The zero-order chi connectivity index (χ0) is 35.9. The summed E-state index contributed by atoms with van der Waals surface area (Å²) in [4.78, 5) is 51.8. The standard InChI is InChI=1S/C4H9NO.C3H7NO.C3H9N.C3H6O2.2C3H6O.2C3H8.3C2H6.3CH4/c1-4(6)5(2)3;1-3(5)4-2;1-4(2)3;1-3(4)5-2;2*1-3(2)4;2*1-3-2;3*1-2;;;/h1-3H3;1-2H3,(H,4,5);1-3H3;1-2H3;2*1-2H3;2*3H2,1-2H3;3*1-2H3;3*1H4. The van der Waals surface area contributed by atoms with Gasteiger partial charge in [-0.15, -0.1) is 0 Å². The number of methoxy groups -OCH3 is 1. The number of amides is 2. The summed E-state index contributed by atoms with van der Waals surface area (Å²) in [6.45, 7) is 31.0. The Balaban J connectivity index is -0.0000000181. The van der Waals surface area contributed by atoms with Crippen molar-refractivity contribution in [1.29, 1.82) is 0 Å². The van der Waals surface area contributed by atoms with Crippen LogP contribution in [0.1, 0.15) is 153 Å². The average Bonchev–Trinajstić information content (AvgIpc) is 2.83. The zero-order valence-electron chi connectivity index (χ0n) is 31.8. The highest BCUT2D eigenvalue weighted by Crippen LogP contribution is 1.69. The van der Waals surface area contributed by atoms with E-state index in [1.807, 2.05) is 67.6 Å². The molecule has 0 saturated heterocycles. The second-order valence-electron chi connectivity index (χ2n) is 7.49. The van der Waals surface area contributed by atoms with Crippen LogP contribution in [-0.2, 0) is 28.7 Å². The monoisotopic (exact) mass is 636 g/mol. The minimum absolute atomic E-state index is 0. The Kier molecular flexibility index (Phi) is 241. The van der Waals surface area contributed by atoms with Crippen molar-refractivity contribution in [2.45, 2.75) is 153 Å². The second-order valence-corrected chi connectivity index (χ2v) is 7.49. The van der Waals surface area contributed by atoms with Gasteiger partial charge in [-0.3, -0.25) is 14.4 Å². The third-order valence-electron chi connectivity index (χ3n) is 1.27. The molecule has 2 amide bonds. The first-order valence-electron chi connectivity index (χ1n) is 14.2. The van der Waals surface area contributed by atoms with Crippen molar-refractivity contribution >= 4 is 29.4 Å². The molecule has 9 heteroatoms. The molecule has 0 atom stereocenters. The van der Waals surface area contributed by atoms with Crippen LogP contribution < -0.4 is 5.32 Å². The largest absolute Gasteiger partial charge is 0.469 e. The third-order valence-corrected chi connectivity index (χ3v) is 1.27. The van der Waals surface area contributed by atoms with Crippen LogP contribution in [0.3, 0.4) is 0 Å². The van der Waals surface area contributed by atoms with Crippen LogP contribution >= 0.6 is 0 Å². The summed E-state index contributed by atoms with van der Waals surface area (Å²) in [5.74, 6) is 0.185. The van der Waals surface area contributed by atoms with Gasteiger partial charge in [0.1, 0.15) is 11.6 Å². The normalized spacial score (nSPS) is 5.98. The van der Waals surface area contributed by atoms with E-state index in [-0.39, 0.29) is 51.6 Å². The molecule has 9 nitrogen and oxygen atoms in total. The van der Waals surface area contributed by atoms with E-state index in [4.69, 9.17) is 0 Å². The number of nitrogens with one attached hydrogen (secondary N) is 1. The van der Waals surface area contributed by atoms with Crippen molar-refractivity contribution in [3.05, 3.63) is 0 Å². The summed E-state index contributed by atoms with van der Waals surface area (Å²) in [5.41, 5.74) is 0. The molecule has 0 aliphatic carbocycles. The molecule has 0 fully saturated rings. The van der Waals surface area contributed by atoms with Gasteiger partial charge < -0.3 is 29.4 Å². The second kappa shape index (κ2) is 115. The Bertz CT molecular complexity index is 403. The summed E-state index contributed by atoms with van der Waals surface area (Å²) in [6.07, 6.45) is 2.50. The molecule has 0 aromatic carbocycles. The van der Waals surface area contributed by atoms with E-state index < -0.39 is 0 Å². The van der Waals surface area contributed by atoms with Gasteiger partial charge in [0.2, 0.25) is 11.8 Å². The molecule has 0 aromatic heterocycles. The van der Waals surface area contributed by atoms with Gasteiger partial charge in [-0.2, -0.15) is 0 Å². The lowest BCUT2D eigenvalue weighted by molar-refractivity contribution is -0.138. The molecule has 0 heterocycles. The highest BCUT2D eigenvalue weighted by Gasteiger charge is 1.87. The fourth-order valence-electron chi connectivity index (χ4n) is 0. The van der Waals surface area contributed by atoms with Gasteiger partial charge in [-0.05, 0) is 48.8 Å². The predicted molar refractivity (Wildman–Crippen MR) is 200 cm³/mol. The third kappa shape index (κ3) is 1730. The van der Waals surface area contributed by atoms with Crippen LogP contribution in [0.5, 0.6) is 0 Å². The summed E-state index contributed by atoms with van der Waals surface area (Å²) >= 11 is 0. The smallest absolute Gasteiger partial charge is 0.302 e. The van der Waals surface area contributed by atoms with E-state index >= 15 is 0 Å². The predicted octanol–water partition coefficient (Wildman–Crippen LogP) is 9.21. The number of carbonyl (C=O) groups is 5. The quantitative estimate of drug-likeness (QED) is 0.264. The molecule has 0 rings (SSSR count). The van der Waals surface area contributed by atoms with Crippen molar-refractivity contribution in [2.75, 3.05) is 49.4 Å². The first-order chi connectivity index (χ1) is 18.2. The maximum Gasteiger partial charge on any atom is 0.302 e. The Morgan fingerprint density at radius 3 is 0.628 bits per heavy atom. The Hall–Kier alpha value is -2.29. The molecule has 0 spiro atoms. The number of esters is 1. The topological polar surface area (TPSA) is 113 Å². The van der Waals surface area contributed by atoms with E-state index in [0.717, 1.165) is 0 Å². The van der Waals surface area contributed by atoms with Gasteiger partial charge in [0.05, 0.1) is 7.11 Å². The Morgan fingerprint density at radius 1 is 0.558 bits per heavy atom. The molecule has 0 aromatic rings. The lowest BCUT2D eigenvalue weighted by Gasteiger charge is -2.02. The summed E-state index contributed by atoms with van der Waals surface area (Å²) in [7, 11) is 12.4. The number of ether oxygens (including phenoxy) is 1. The lowest BCUT2D eigenvalue weighted by atomic mass is 10.6. The van der Waals surface area contributed by atoms with Gasteiger partial charge in [-0.1, -0.05) is 104 Å². The van der Waals surface area contributed by atoms with Gasteiger partial charge in [-0.25, -0.2) is 0 Å². The van der Waals surface area contributed by atoms with Gasteiger partial charge in [0.25, 0.3) is 0 Å². The van der Waals surface area contributed by atoms with E-state index in [1.54, 1.807) is 21.1 Å². The van der Waals surface area contributed by atoms with Gasteiger partial charge in [0.15, 0.2) is 0 Å². The average molecular weight is 636 g/mol. The number of rotatable bonds is 0. The number of ketones is 2. The number of nitrogens with zero attached hydrogens (tertiary/aromatic N) is 2. The molecular weight excluding hydrogens is 546 g/mol. The molecule has 0 unspecified atom stereocenters. The highest BCUT2D eigenvalue weighted by atomic mass is 16.5. The first-order valence-corrected chi connectivity index (χ1v) is 14.2. The molecule has 0 saturated carbocycles. The minimum Gasteiger partial charge on any atom is -0.469 e. The van der Waals surface area contributed by atoms with Crippen LogP contribution in [0.25, 0.3) is 0 Å². The number of hydrogen-bond donors (Lipinski definition) is 1. The number of carbonyl (C=O) groups excluding carboxylic acids is 5. The van der Waals surface area contributed by atoms with Crippen molar-refractivity contribution in [2.24, 2.45) is 0 Å². The summed E-state index contributed by atoms with van der Waals surface area (Å²) in [5, 5.41) is 2.39. The highest BCUT2D eigenvalue weighted by molar-refractivity contribution is 5.73. The fraction of sp³-hybridized carbons (Fsp3) is 0.853. The molecular formula is C34H89N3O6. The van der Waals surface area contributed by atoms with Crippen molar-refractivity contribution in [3.8, 4) is 0 Å². The van der Waals surface area contributed by atoms with Crippen LogP contribution in [0.4, 0.5) is 0 Å². The van der Waals surface area contributed by atoms with Crippen molar-refractivity contribution in [1.82, 2.24) is 15.1 Å². The molecule has 43 heavy (non-hydrogen) atoms. The van der Waals surface area contributed by atoms with E-state index in [0.29, 0.717) is 0 Å². The van der Waals surface area contributed by atoms with Crippen LogP contribution in [-0.4, -0.2) is 88.5 Å². The SMILES string of the molecule is C.C.C.CC.CC.CC.CC(=O)N(C)C.CC(C)=O.CC(C)=O.CCC.CCC.CN(C)C.CNC(C)=O.COC(C)=O. The first kappa shape index (κ1) is 90.0. The van der Waals surface area contributed by atoms with Gasteiger partial charge in [0, 0.05) is 41.9 Å². The molecule has 0 aliphatic heterocycles. The summed E-state index contributed by atoms with van der Waals surface area (Å²) in [6, 6.07) is 0.